The fraction of sp³-hybridized carbons (Fsp3) is 0.217. The molecular weight excluding hydrogens is 295 g/mol. The Balaban J connectivity index is 2.16. The van der Waals surface area contributed by atoms with E-state index in [0.29, 0.717) is 5.56 Å². The highest BCUT2D eigenvalue weighted by molar-refractivity contribution is 5.84. The van der Waals surface area contributed by atoms with Gasteiger partial charge in [-0.2, -0.15) is 0 Å². The fourth-order valence-corrected chi connectivity index (χ4v) is 3.11. The molecule has 1 heteroatoms. The van der Waals surface area contributed by atoms with Crippen molar-refractivity contribution < 1.29 is 4.39 Å². The van der Waals surface area contributed by atoms with Crippen LogP contribution in [0.4, 0.5) is 4.39 Å². The van der Waals surface area contributed by atoms with Crippen LogP contribution < -0.4 is 0 Å². The first-order chi connectivity index (χ1) is 11.7. The smallest absolute Gasteiger partial charge is 0.131 e. The van der Waals surface area contributed by atoms with E-state index in [1.807, 2.05) is 12.1 Å². The van der Waals surface area contributed by atoms with E-state index in [2.05, 4.69) is 56.3 Å². The van der Waals surface area contributed by atoms with Crippen LogP contribution in [0.15, 0.2) is 66.7 Å². The van der Waals surface area contributed by atoms with Crippen molar-refractivity contribution in [3.8, 4) is 22.3 Å². The quantitative estimate of drug-likeness (QED) is 0.492. The van der Waals surface area contributed by atoms with Gasteiger partial charge in [0.15, 0.2) is 0 Å². The largest absolute Gasteiger partial charge is 0.206 e. The Hall–Kier alpha value is -2.41. The van der Waals surface area contributed by atoms with Crippen LogP contribution in [0.25, 0.3) is 22.3 Å². The highest BCUT2D eigenvalue weighted by Gasteiger charge is 2.12. The second kappa shape index (κ2) is 7.44. The topological polar surface area (TPSA) is 0 Å². The highest BCUT2D eigenvalue weighted by Crippen LogP contribution is 2.34. The van der Waals surface area contributed by atoms with Gasteiger partial charge in [-0.3, -0.25) is 0 Å². The maximum absolute atomic E-state index is 14.3. The molecule has 0 spiro atoms. The third-order valence-electron chi connectivity index (χ3n) is 4.46. The van der Waals surface area contributed by atoms with Crippen LogP contribution in [0.5, 0.6) is 0 Å². The van der Waals surface area contributed by atoms with Crippen LogP contribution in [-0.2, 0) is 12.8 Å². The van der Waals surface area contributed by atoms with Crippen molar-refractivity contribution in [2.24, 2.45) is 0 Å². The van der Waals surface area contributed by atoms with E-state index in [1.54, 1.807) is 6.07 Å². The summed E-state index contributed by atoms with van der Waals surface area (Å²) >= 11 is 0. The van der Waals surface area contributed by atoms with Gasteiger partial charge >= 0.3 is 0 Å². The van der Waals surface area contributed by atoms with Crippen molar-refractivity contribution in [2.45, 2.75) is 33.1 Å². The van der Waals surface area contributed by atoms with Crippen LogP contribution >= 0.6 is 0 Å². The minimum atomic E-state index is -0.174. The number of benzene rings is 3. The molecule has 3 aromatic rings. The maximum Gasteiger partial charge on any atom is 0.131 e. The van der Waals surface area contributed by atoms with Crippen LogP contribution in [0.3, 0.4) is 0 Å². The van der Waals surface area contributed by atoms with Gasteiger partial charge in [0.25, 0.3) is 0 Å². The molecule has 24 heavy (non-hydrogen) atoms. The van der Waals surface area contributed by atoms with E-state index in [1.165, 1.54) is 17.2 Å². The van der Waals surface area contributed by atoms with Gasteiger partial charge in [0.2, 0.25) is 0 Å². The summed E-state index contributed by atoms with van der Waals surface area (Å²) in [5.41, 5.74) is 6.48. The summed E-state index contributed by atoms with van der Waals surface area (Å²) in [5, 5.41) is 0. The Morgan fingerprint density at radius 2 is 1.42 bits per heavy atom. The first kappa shape index (κ1) is 16.4. The van der Waals surface area contributed by atoms with Gasteiger partial charge in [0.1, 0.15) is 5.82 Å². The summed E-state index contributed by atoms with van der Waals surface area (Å²) in [7, 11) is 0. The molecule has 0 fully saturated rings. The van der Waals surface area contributed by atoms with Gasteiger partial charge in [-0.25, -0.2) is 4.39 Å². The van der Waals surface area contributed by atoms with E-state index in [9.17, 15) is 4.39 Å². The van der Waals surface area contributed by atoms with E-state index < -0.39 is 0 Å². The molecule has 0 N–H and O–H groups in total. The second-order valence-electron chi connectivity index (χ2n) is 6.16. The lowest BCUT2D eigenvalue weighted by Crippen LogP contribution is -1.92. The second-order valence-corrected chi connectivity index (χ2v) is 6.16. The average Bonchev–Trinajstić information content (AvgIpc) is 2.63. The Bertz CT molecular complexity index is 816. The first-order valence-corrected chi connectivity index (χ1v) is 8.70. The molecule has 0 radical (unpaired) electrons. The van der Waals surface area contributed by atoms with Crippen LogP contribution in [0.1, 0.15) is 31.4 Å². The lowest BCUT2D eigenvalue weighted by Gasteiger charge is -2.14. The van der Waals surface area contributed by atoms with Gasteiger partial charge in [-0.05, 0) is 46.7 Å². The molecule has 0 aliphatic carbocycles. The zero-order chi connectivity index (χ0) is 16.9. The molecular formula is C23H23F. The van der Waals surface area contributed by atoms with Gasteiger partial charge in [-0.1, -0.05) is 80.9 Å². The maximum atomic E-state index is 14.3. The standard InChI is InChI=1S/C23H23F/c1-3-7-18-12-15-20(21-8-5-6-9-23(21)24)22(16-18)19-13-10-17(4-2)11-14-19/h5-6,8-16H,3-4,7H2,1-2H3. The zero-order valence-corrected chi connectivity index (χ0v) is 14.4. The van der Waals surface area contributed by atoms with Crippen molar-refractivity contribution >= 4 is 0 Å². The van der Waals surface area contributed by atoms with Crippen LogP contribution in [0, 0.1) is 5.82 Å². The molecule has 0 unspecified atom stereocenters. The summed E-state index contributed by atoms with van der Waals surface area (Å²) in [6, 6.07) is 22.0. The summed E-state index contributed by atoms with van der Waals surface area (Å²) in [6.07, 6.45) is 3.17. The van der Waals surface area contributed by atoms with Gasteiger partial charge < -0.3 is 0 Å². The van der Waals surface area contributed by atoms with Crippen molar-refractivity contribution in [3.05, 3.63) is 83.7 Å². The predicted molar refractivity (Wildman–Crippen MR) is 101 cm³/mol. The molecule has 0 aromatic heterocycles. The summed E-state index contributed by atoms with van der Waals surface area (Å²) in [6.45, 7) is 4.34. The van der Waals surface area contributed by atoms with Crippen molar-refractivity contribution in [3.63, 3.8) is 0 Å². The normalized spacial score (nSPS) is 10.8. The number of hydrogen-bond acceptors (Lipinski definition) is 0. The number of hydrogen-bond donors (Lipinski definition) is 0. The Morgan fingerprint density at radius 1 is 0.708 bits per heavy atom. The number of aryl methyl sites for hydroxylation is 2. The monoisotopic (exact) mass is 318 g/mol. The minimum Gasteiger partial charge on any atom is -0.206 e. The SMILES string of the molecule is CCCc1ccc(-c2ccccc2F)c(-c2ccc(CC)cc2)c1. The molecule has 0 aliphatic rings. The highest BCUT2D eigenvalue weighted by atomic mass is 19.1. The predicted octanol–water partition coefficient (Wildman–Crippen LogP) is 6.67. The Morgan fingerprint density at radius 3 is 2.08 bits per heavy atom. The van der Waals surface area contributed by atoms with Crippen molar-refractivity contribution in [1.82, 2.24) is 0 Å². The zero-order valence-electron chi connectivity index (χ0n) is 14.4. The summed E-state index contributed by atoms with van der Waals surface area (Å²) in [5.74, 6) is -0.174. The molecule has 3 aromatic carbocycles. The molecule has 0 saturated heterocycles. The lowest BCUT2D eigenvalue weighted by atomic mass is 9.91. The Labute approximate surface area is 144 Å². The molecule has 122 valence electrons. The first-order valence-electron chi connectivity index (χ1n) is 8.70. The third-order valence-corrected chi connectivity index (χ3v) is 4.46. The van der Waals surface area contributed by atoms with Crippen LogP contribution in [0.2, 0.25) is 0 Å². The van der Waals surface area contributed by atoms with E-state index in [-0.39, 0.29) is 5.82 Å². The average molecular weight is 318 g/mol. The molecule has 0 atom stereocenters. The third kappa shape index (κ3) is 3.41. The van der Waals surface area contributed by atoms with Crippen LogP contribution in [-0.4, -0.2) is 0 Å². The Kier molecular flexibility index (Phi) is 5.10. The molecule has 0 bridgehead atoms. The molecule has 0 nitrogen and oxygen atoms in total. The molecule has 0 heterocycles. The number of halogens is 1. The summed E-state index contributed by atoms with van der Waals surface area (Å²) in [4.78, 5) is 0. The van der Waals surface area contributed by atoms with Gasteiger partial charge in [0.05, 0.1) is 0 Å². The molecule has 0 aliphatic heterocycles. The summed E-state index contributed by atoms with van der Waals surface area (Å²) < 4.78 is 14.3. The van der Waals surface area contributed by atoms with Gasteiger partial charge in [-0.15, -0.1) is 0 Å². The molecule has 0 saturated carbocycles. The lowest BCUT2D eigenvalue weighted by molar-refractivity contribution is 0.631. The van der Waals surface area contributed by atoms with Gasteiger partial charge in [0, 0.05) is 5.56 Å². The van der Waals surface area contributed by atoms with Crippen molar-refractivity contribution in [2.75, 3.05) is 0 Å². The number of rotatable bonds is 5. The van der Waals surface area contributed by atoms with Crippen molar-refractivity contribution in [1.29, 1.82) is 0 Å². The fourth-order valence-electron chi connectivity index (χ4n) is 3.11. The molecule has 0 amide bonds. The van der Waals surface area contributed by atoms with E-state index >= 15 is 0 Å². The minimum absolute atomic E-state index is 0.174. The van der Waals surface area contributed by atoms with E-state index in [4.69, 9.17) is 0 Å². The van der Waals surface area contributed by atoms with E-state index in [0.717, 1.165) is 36.0 Å². The molecule has 3 rings (SSSR count).